The van der Waals surface area contributed by atoms with Gasteiger partial charge in [0.25, 0.3) is 0 Å². The number of ketones is 1. The van der Waals surface area contributed by atoms with Crippen molar-refractivity contribution in [3.8, 4) is 0 Å². The number of carbonyl (C=O) groups is 2. The van der Waals surface area contributed by atoms with E-state index in [-0.39, 0.29) is 75.3 Å². The fourth-order valence-corrected chi connectivity index (χ4v) is 13.4. The molecule has 12 nitrogen and oxygen atoms in total. The second kappa shape index (κ2) is 13.2. The van der Waals surface area contributed by atoms with Crippen molar-refractivity contribution in [1.29, 1.82) is 0 Å². The van der Waals surface area contributed by atoms with Gasteiger partial charge in [-0.1, -0.05) is 60.1 Å². The van der Waals surface area contributed by atoms with Gasteiger partial charge in [-0.25, -0.2) is 4.79 Å². The number of carboxylic acid groups (broad SMARTS) is 1. The number of fused-ring (bicyclic) bond motifs is 7. The van der Waals surface area contributed by atoms with Crippen LogP contribution >= 0.6 is 0 Å². The lowest BCUT2D eigenvalue weighted by atomic mass is 9.33. The van der Waals surface area contributed by atoms with Crippen molar-refractivity contribution in [2.45, 2.75) is 169 Å². The molecule has 4 saturated carbocycles. The van der Waals surface area contributed by atoms with Crippen LogP contribution in [0, 0.1) is 50.2 Å². The zero-order valence-electron chi connectivity index (χ0n) is 33.3. The smallest absolute Gasteiger partial charge is 0.335 e. The first-order chi connectivity index (χ1) is 25.1. The first-order valence-electron chi connectivity index (χ1n) is 20.2. The molecule has 0 radical (unpaired) electrons. The summed E-state index contributed by atoms with van der Waals surface area (Å²) in [4.78, 5) is 24.4. The van der Waals surface area contributed by atoms with E-state index in [1.54, 1.807) is 6.92 Å². The Morgan fingerprint density at radius 1 is 0.870 bits per heavy atom. The monoisotopic (exact) mass is 760 g/mol. The fraction of sp³-hybridized carbons (Fsp3) is 0.857. The summed E-state index contributed by atoms with van der Waals surface area (Å²) in [5, 5.41) is 62.4. The molecule has 5 aliphatic carbocycles. The van der Waals surface area contributed by atoms with E-state index in [2.05, 4.69) is 47.6 Å². The summed E-state index contributed by atoms with van der Waals surface area (Å²) < 4.78 is 24.6. The summed E-state index contributed by atoms with van der Waals surface area (Å²) in [5.41, 5.74) is 0.387. The molecular weight excluding hydrogens is 696 g/mol. The Bertz CT molecular complexity index is 1590. The van der Waals surface area contributed by atoms with Gasteiger partial charge in [0.1, 0.15) is 24.1 Å². The molecule has 54 heavy (non-hydrogen) atoms. The van der Waals surface area contributed by atoms with Crippen LogP contribution in [0.1, 0.15) is 120 Å². The summed E-state index contributed by atoms with van der Waals surface area (Å²) in [6.45, 7) is 17.9. The summed E-state index contributed by atoms with van der Waals surface area (Å²) >= 11 is 0. The maximum absolute atomic E-state index is 12.6. The Balaban J connectivity index is 1.16. The van der Waals surface area contributed by atoms with Crippen molar-refractivity contribution in [3.05, 3.63) is 23.2 Å². The highest BCUT2D eigenvalue weighted by Crippen LogP contribution is 2.76. The van der Waals surface area contributed by atoms with Crippen molar-refractivity contribution in [2.24, 2.45) is 50.2 Å². The highest BCUT2D eigenvalue weighted by atomic mass is 16.7. The van der Waals surface area contributed by atoms with Crippen LogP contribution in [-0.2, 0) is 28.5 Å². The minimum atomic E-state index is -1.80. The molecule has 304 valence electrons. The number of aliphatic carboxylic acids is 1. The van der Waals surface area contributed by atoms with E-state index in [9.17, 15) is 40.2 Å². The van der Waals surface area contributed by atoms with Crippen LogP contribution in [0.3, 0.4) is 0 Å². The topological polar surface area (TPSA) is 192 Å². The number of rotatable bonds is 6. The maximum Gasteiger partial charge on any atom is 0.335 e. The number of hydrogen-bond donors (Lipinski definition) is 6. The van der Waals surface area contributed by atoms with E-state index in [1.807, 2.05) is 6.92 Å². The number of aliphatic hydroxyl groups excluding tert-OH is 5. The van der Waals surface area contributed by atoms with E-state index in [4.69, 9.17) is 18.9 Å². The fourth-order valence-electron chi connectivity index (χ4n) is 13.4. The van der Waals surface area contributed by atoms with Gasteiger partial charge < -0.3 is 49.6 Å². The largest absolute Gasteiger partial charge is 0.502 e. The predicted octanol–water partition coefficient (Wildman–Crippen LogP) is 5.16. The van der Waals surface area contributed by atoms with Crippen molar-refractivity contribution < 1.29 is 59.2 Å². The summed E-state index contributed by atoms with van der Waals surface area (Å²) in [5.74, 6) is -1.24. The standard InChI is InChI=1S/C42H64O12/c1-21-30(45)24(44)17-29(51-21)52-28-19-37(2,3)18-23-22-9-10-26-39(5)13-12-27(53-36-33(48)31(46)32(47)34(54-36)35(49)50)40(6,20-43)25(39)11-14-42(26,8)41(22,7)16-15-38(23,28)4/h9,23,25-29,31-34,36,43,45-48H,10-20H2,1-8H3,(H,49,50). The quantitative estimate of drug-likeness (QED) is 0.154. The zero-order valence-corrected chi connectivity index (χ0v) is 33.3. The van der Waals surface area contributed by atoms with Crippen LogP contribution in [0.15, 0.2) is 23.2 Å². The van der Waals surface area contributed by atoms with E-state index in [0.717, 1.165) is 51.4 Å². The second-order valence-corrected chi connectivity index (χ2v) is 20.2. The van der Waals surface area contributed by atoms with Gasteiger partial charge in [0.15, 0.2) is 18.2 Å². The molecule has 6 N–H and O–H groups in total. The van der Waals surface area contributed by atoms with Crippen LogP contribution in [0.2, 0.25) is 0 Å². The van der Waals surface area contributed by atoms with Crippen LogP contribution in [0.5, 0.6) is 0 Å². The molecule has 12 heteroatoms. The number of hydrogen-bond acceptors (Lipinski definition) is 11. The average Bonchev–Trinajstić information content (AvgIpc) is 3.09. The van der Waals surface area contributed by atoms with Gasteiger partial charge >= 0.3 is 5.97 Å². The van der Waals surface area contributed by atoms with E-state index < -0.39 is 54.5 Å². The molecule has 0 amide bonds. The van der Waals surface area contributed by atoms with Crippen LogP contribution in [-0.4, -0.2) is 98.2 Å². The molecule has 16 atom stereocenters. The molecular formula is C42H64O12. The molecule has 2 aliphatic heterocycles. The second-order valence-electron chi connectivity index (χ2n) is 20.2. The number of aliphatic hydroxyl groups is 5. The summed E-state index contributed by atoms with van der Waals surface area (Å²) in [6.07, 6.45) is 0.673. The Morgan fingerprint density at radius 2 is 1.57 bits per heavy atom. The minimum Gasteiger partial charge on any atom is -0.502 e. The number of carbonyl (C=O) groups excluding carboxylic acids is 1. The van der Waals surface area contributed by atoms with Crippen molar-refractivity contribution >= 4 is 11.8 Å². The highest BCUT2D eigenvalue weighted by Gasteiger charge is 2.70. The normalized spacial score (nSPS) is 51.5. The predicted molar refractivity (Wildman–Crippen MR) is 195 cm³/mol. The average molecular weight is 761 g/mol. The number of ether oxygens (including phenoxy) is 4. The van der Waals surface area contributed by atoms with E-state index >= 15 is 0 Å². The molecule has 1 saturated heterocycles. The molecule has 0 aromatic rings. The molecule has 16 unspecified atom stereocenters. The third kappa shape index (κ3) is 5.77. The summed E-state index contributed by atoms with van der Waals surface area (Å²) in [6, 6.07) is 0. The van der Waals surface area contributed by atoms with Crippen molar-refractivity contribution in [2.75, 3.05) is 6.61 Å². The Labute approximate surface area is 319 Å². The number of carboxylic acids is 1. The van der Waals surface area contributed by atoms with Gasteiger partial charge in [0, 0.05) is 10.8 Å². The number of allylic oxidation sites excluding steroid dienone is 4. The van der Waals surface area contributed by atoms with Gasteiger partial charge in [-0.15, -0.1) is 0 Å². The molecule has 7 rings (SSSR count). The molecule has 2 heterocycles. The lowest BCUT2D eigenvalue weighted by molar-refractivity contribution is -0.327. The molecule has 0 spiro atoms. The minimum absolute atomic E-state index is 0.00160. The van der Waals surface area contributed by atoms with E-state index in [0.29, 0.717) is 12.3 Å². The highest BCUT2D eigenvalue weighted by molar-refractivity contribution is 5.94. The van der Waals surface area contributed by atoms with Gasteiger partial charge in [-0.3, -0.25) is 4.79 Å². The van der Waals surface area contributed by atoms with E-state index in [1.165, 1.54) is 5.57 Å². The first kappa shape index (κ1) is 40.1. The van der Waals surface area contributed by atoms with Crippen LogP contribution in [0.25, 0.3) is 0 Å². The van der Waals surface area contributed by atoms with Gasteiger partial charge in [-0.05, 0) is 104 Å². The molecule has 0 bridgehead atoms. The molecule has 0 aromatic heterocycles. The van der Waals surface area contributed by atoms with Crippen LogP contribution in [0.4, 0.5) is 0 Å². The Kier molecular flexibility index (Phi) is 9.85. The number of Topliss-reactive ketones (excluding diaryl/α,β-unsaturated/α-hetero) is 1. The molecule has 7 aliphatic rings. The summed E-state index contributed by atoms with van der Waals surface area (Å²) in [7, 11) is 0. The van der Waals surface area contributed by atoms with Gasteiger partial charge in [-0.2, -0.15) is 0 Å². The van der Waals surface area contributed by atoms with Gasteiger partial charge in [0.05, 0.1) is 25.2 Å². The maximum atomic E-state index is 12.6. The SMILES string of the molecule is CC1=C(O)C(=O)CC(OC2CC(C)(C)CC3C4=CCC5C6(C)CCC(OC7OC(C(=O)O)C(O)C(O)C7O)C(C)(CO)C6CCC5(C)C4(C)CCC23C)O1. The van der Waals surface area contributed by atoms with Crippen LogP contribution < -0.4 is 0 Å². The Morgan fingerprint density at radius 3 is 2.22 bits per heavy atom. The zero-order chi connectivity index (χ0) is 39.6. The van der Waals surface area contributed by atoms with Crippen molar-refractivity contribution in [3.63, 3.8) is 0 Å². The molecule has 0 aromatic carbocycles. The van der Waals surface area contributed by atoms with Crippen molar-refractivity contribution in [1.82, 2.24) is 0 Å². The lowest BCUT2D eigenvalue weighted by Crippen LogP contribution is -2.67. The molecule has 5 fully saturated rings. The lowest BCUT2D eigenvalue weighted by Gasteiger charge is -2.72. The Hall–Kier alpha value is -2.06. The van der Waals surface area contributed by atoms with Gasteiger partial charge in [0.2, 0.25) is 12.1 Å². The third-order valence-corrected chi connectivity index (χ3v) is 16.9. The first-order valence-corrected chi connectivity index (χ1v) is 20.2. The third-order valence-electron chi connectivity index (χ3n) is 16.9.